The van der Waals surface area contributed by atoms with Crippen LogP contribution in [-0.4, -0.2) is 12.4 Å². The summed E-state index contributed by atoms with van der Waals surface area (Å²) in [5, 5.41) is 2.52. The molecule has 0 saturated heterocycles. The van der Waals surface area contributed by atoms with Gasteiger partial charge in [-0.15, -0.1) is 0 Å². The fourth-order valence-corrected chi connectivity index (χ4v) is 2.77. The van der Waals surface area contributed by atoms with Crippen LogP contribution in [0.3, 0.4) is 0 Å². The summed E-state index contributed by atoms with van der Waals surface area (Å²) in [5.41, 5.74) is 0. The maximum atomic E-state index is 5.85. The van der Waals surface area contributed by atoms with Crippen LogP contribution < -0.4 is 4.74 Å². The Kier molecular flexibility index (Phi) is 7.51. The maximum absolute atomic E-state index is 5.85. The van der Waals surface area contributed by atoms with E-state index in [1.165, 1.54) is 49.3 Å². The van der Waals surface area contributed by atoms with Gasteiger partial charge in [0.25, 0.3) is 0 Å². The van der Waals surface area contributed by atoms with Crippen molar-refractivity contribution in [3.63, 3.8) is 0 Å². The van der Waals surface area contributed by atoms with Gasteiger partial charge in [-0.3, -0.25) is 0 Å². The van der Waals surface area contributed by atoms with Crippen molar-refractivity contribution in [2.24, 2.45) is 0 Å². The lowest BCUT2D eigenvalue weighted by molar-refractivity contribution is 0.304. The zero-order valence-corrected chi connectivity index (χ0v) is 13.7. The first-order valence-corrected chi connectivity index (χ1v) is 8.76. The molecule has 21 heavy (non-hydrogen) atoms. The zero-order chi connectivity index (χ0) is 14.8. The largest absolute Gasteiger partial charge is 0.494 e. The molecule has 2 heteroatoms. The van der Waals surface area contributed by atoms with Gasteiger partial charge in [0.1, 0.15) is 5.75 Å². The van der Waals surface area contributed by atoms with Gasteiger partial charge >= 0.3 is 0 Å². The Morgan fingerprint density at radius 2 is 1.38 bits per heavy atom. The molecule has 0 radical (unpaired) electrons. The van der Waals surface area contributed by atoms with Gasteiger partial charge in [-0.2, -0.15) is 12.6 Å². The first kappa shape index (κ1) is 16.2. The average Bonchev–Trinajstić information content (AvgIpc) is 2.53. The lowest BCUT2D eigenvalue weighted by Crippen LogP contribution is -1.97. The summed E-state index contributed by atoms with van der Waals surface area (Å²) < 4.78 is 5.85. The van der Waals surface area contributed by atoms with E-state index < -0.39 is 0 Å². The third kappa shape index (κ3) is 6.01. The molecule has 0 aromatic heterocycles. The molecular formula is C19H26OS. The molecular weight excluding hydrogens is 276 g/mol. The van der Waals surface area contributed by atoms with Gasteiger partial charge in [-0.1, -0.05) is 62.4 Å². The number of unbranched alkanes of at least 4 members (excludes halogenated alkanes) is 6. The second-order valence-corrected chi connectivity index (χ2v) is 6.00. The first-order chi connectivity index (χ1) is 10.4. The molecule has 0 spiro atoms. The first-order valence-electron chi connectivity index (χ1n) is 8.12. The molecule has 0 N–H and O–H groups in total. The fraction of sp³-hybridized carbons (Fsp3) is 0.474. The Morgan fingerprint density at radius 1 is 0.714 bits per heavy atom. The molecule has 2 aromatic carbocycles. The van der Waals surface area contributed by atoms with Crippen LogP contribution >= 0.6 is 12.6 Å². The zero-order valence-electron chi connectivity index (χ0n) is 12.8. The van der Waals surface area contributed by atoms with Crippen LogP contribution in [0.1, 0.15) is 44.9 Å². The minimum atomic E-state index is 0.828. The maximum Gasteiger partial charge on any atom is 0.119 e. The van der Waals surface area contributed by atoms with E-state index in [9.17, 15) is 0 Å². The third-order valence-corrected chi connectivity index (χ3v) is 4.11. The minimum absolute atomic E-state index is 0.828. The summed E-state index contributed by atoms with van der Waals surface area (Å²) in [4.78, 5) is 0. The van der Waals surface area contributed by atoms with Gasteiger partial charge in [0.2, 0.25) is 0 Å². The normalized spacial score (nSPS) is 10.9. The fourth-order valence-electron chi connectivity index (χ4n) is 2.54. The van der Waals surface area contributed by atoms with Crippen LogP contribution in [0.2, 0.25) is 0 Å². The Bertz CT molecular complexity index is 524. The van der Waals surface area contributed by atoms with Gasteiger partial charge in [0, 0.05) is 0 Å². The minimum Gasteiger partial charge on any atom is -0.494 e. The van der Waals surface area contributed by atoms with Gasteiger partial charge < -0.3 is 4.74 Å². The van der Waals surface area contributed by atoms with E-state index in [0.717, 1.165) is 24.5 Å². The quantitative estimate of drug-likeness (QED) is 0.426. The van der Waals surface area contributed by atoms with E-state index in [0.29, 0.717) is 0 Å². The third-order valence-electron chi connectivity index (χ3n) is 3.79. The Balaban J connectivity index is 1.59. The topological polar surface area (TPSA) is 9.23 Å². The smallest absolute Gasteiger partial charge is 0.119 e. The second kappa shape index (κ2) is 9.73. The van der Waals surface area contributed by atoms with Crippen LogP contribution in [0.4, 0.5) is 0 Å². The number of fused-ring (bicyclic) bond motifs is 1. The molecule has 2 aromatic rings. The summed E-state index contributed by atoms with van der Waals surface area (Å²) >= 11 is 4.23. The van der Waals surface area contributed by atoms with E-state index in [2.05, 4.69) is 55.1 Å². The molecule has 0 fully saturated rings. The van der Waals surface area contributed by atoms with Crippen LogP contribution in [0.25, 0.3) is 10.8 Å². The summed E-state index contributed by atoms with van der Waals surface area (Å²) in [6.07, 6.45) is 9.04. The van der Waals surface area contributed by atoms with E-state index in [4.69, 9.17) is 4.74 Å². The number of hydrogen-bond acceptors (Lipinski definition) is 2. The van der Waals surface area contributed by atoms with E-state index in [1.807, 2.05) is 0 Å². The molecule has 0 aliphatic rings. The number of thiol groups is 1. The molecule has 2 rings (SSSR count). The Hall–Kier alpha value is -1.15. The molecule has 0 unspecified atom stereocenters. The standard InChI is InChI=1S/C19H26OS/c21-15-9-5-3-1-2-4-8-14-20-19-13-12-17-10-6-7-11-18(17)16-19/h6-7,10-13,16,21H,1-5,8-9,14-15H2. The highest BCUT2D eigenvalue weighted by atomic mass is 32.1. The van der Waals surface area contributed by atoms with Gasteiger partial charge in [-0.25, -0.2) is 0 Å². The van der Waals surface area contributed by atoms with Crippen LogP contribution in [0.15, 0.2) is 42.5 Å². The number of rotatable bonds is 10. The lowest BCUT2D eigenvalue weighted by atomic mass is 10.1. The van der Waals surface area contributed by atoms with Crippen molar-refractivity contribution >= 4 is 23.4 Å². The van der Waals surface area contributed by atoms with Gasteiger partial charge in [0.15, 0.2) is 0 Å². The number of hydrogen-bond donors (Lipinski definition) is 1. The number of ether oxygens (including phenoxy) is 1. The van der Waals surface area contributed by atoms with Crippen LogP contribution in [-0.2, 0) is 0 Å². The van der Waals surface area contributed by atoms with Crippen molar-refractivity contribution in [3.05, 3.63) is 42.5 Å². The molecule has 1 nitrogen and oxygen atoms in total. The molecule has 0 atom stereocenters. The molecule has 0 aliphatic heterocycles. The van der Waals surface area contributed by atoms with Crippen molar-refractivity contribution in [2.45, 2.75) is 44.9 Å². The molecule has 0 heterocycles. The van der Waals surface area contributed by atoms with Crippen LogP contribution in [0, 0.1) is 0 Å². The highest BCUT2D eigenvalue weighted by Crippen LogP contribution is 2.20. The number of benzene rings is 2. The molecule has 0 bridgehead atoms. The van der Waals surface area contributed by atoms with Crippen molar-refractivity contribution in [2.75, 3.05) is 12.4 Å². The van der Waals surface area contributed by atoms with E-state index in [1.54, 1.807) is 0 Å². The summed E-state index contributed by atoms with van der Waals surface area (Å²) in [7, 11) is 0. The summed E-state index contributed by atoms with van der Waals surface area (Å²) in [5.74, 6) is 2.02. The monoisotopic (exact) mass is 302 g/mol. The summed E-state index contributed by atoms with van der Waals surface area (Å²) in [6.45, 7) is 0.828. The molecule has 114 valence electrons. The lowest BCUT2D eigenvalue weighted by Gasteiger charge is -2.07. The van der Waals surface area contributed by atoms with Crippen LogP contribution in [0.5, 0.6) is 5.75 Å². The van der Waals surface area contributed by atoms with Crippen molar-refractivity contribution < 1.29 is 4.74 Å². The second-order valence-electron chi connectivity index (χ2n) is 5.56. The van der Waals surface area contributed by atoms with E-state index in [-0.39, 0.29) is 0 Å². The predicted molar refractivity (Wildman–Crippen MR) is 95.6 cm³/mol. The highest BCUT2D eigenvalue weighted by molar-refractivity contribution is 7.80. The molecule has 0 amide bonds. The van der Waals surface area contributed by atoms with Gasteiger partial charge in [-0.05, 0) is 41.5 Å². The Morgan fingerprint density at radius 3 is 2.14 bits per heavy atom. The molecule has 0 aliphatic carbocycles. The van der Waals surface area contributed by atoms with E-state index >= 15 is 0 Å². The molecule has 0 saturated carbocycles. The van der Waals surface area contributed by atoms with Crippen molar-refractivity contribution in [1.82, 2.24) is 0 Å². The summed E-state index contributed by atoms with van der Waals surface area (Å²) in [6, 6.07) is 14.7. The highest BCUT2D eigenvalue weighted by Gasteiger charge is 1.97. The predicted octanol–water partition coefficient (Wildman–Crippen LogP) is 5.88. The SMILES string of the molecule is SCCCCCCCCCOc1ccc2ccccc2c1. The Labute approximate surface area is 134 Å². The van der Waals surface area contributed by atoms with Gasteiger partial charge in [0.05, 0.1) is 6.61 Å². The van der Waals surface area contributed by atoms with Crippen molar-refractivity contribution in [1.29, 1.82) is 0 Å². The van der Waals surface area contributed by atoms with Crippen molar-refractivity contribution in [3.8, 4) is 5.75 Å². The average molecular weight is 302 g/mol.